The number of benzene rings is 1. The third-order valence-corrected chi connectivity index (χ3v) is 3.67. The van der Waals surface area contributed by atoms with Crippen LogP contribution in [0.15, 0.2) is 30.6 Å². The minimum Gasteiger partial charge on any atom is -0.393 e. The number of nitrogens with zero attached hydrogens (tertiary/aromatic N) is 3. The average molecular weight is 349 g/mol. The van der Waals surface area contributed by atoms with Gasteiger partial charge < -0.3 is 25.4 Å². The second-order valence-corrected chi connectivity index (χ2v) is 5.41. The lowest BCUT2D eigenvalue weighted by Crippen LogP contribution is -2.32. The molecule has 0 fully saturated rings. The number of halogens is 1. The molecule has 0 radical (unpaired) electrons. The first-order valence-electron chi connectivity index (χ1n) is 7.97. The van der Waals surface area contributed by atoms with Crippen LogP contribution < -0.4 is 16.0 Å². The first-order chi connectivity index (χ1) is 12.2. The van der Waals surface area contributed by atoms with Gasteiger partial charge in [0, 0.05) is 33.9 Å². The molecule has 2 rings (SSSR count). The molecule has 25 heavy (non-hydrogen) atoms. The van der Waals surface area contributed by atoms with Crippen molar-refractivity contribution >= 4 is 17.3 Å². The highest BCUT2D eigenvalue weighted by Gasteiger charge is 2.15. The van der Waals surface area contributed by atoms with E-state index in [0.29, 0.717) is 50.2 Å². The van der Waals surface area contributed by atoms with Crippen molar-refractivity contribution in [2.45, 2.75) is 6.54 Å². The first-order valence-corrected chi connectivity index (χ1v) is 7.97. The zero-order valence-electron chi connectivity index (χ0n) is 14.5. The number of hydrogen-bond donors (Lipinski definition) is 2. The Morgan fingerprint density at radius 1 is 1.08 bits per heavy atom. The Balaban J connectivity index is 2.11. The zero-order chi connectivity index (χ0) is 18.1. The van der Waals surface area contributed by atoms with Gasteiger partial charge in [0.05, 0.1) is 13.2 Å². The predicted octanol–water partition coefficient (Wildman–Crippen LogP) is 1.91. The van der Waals surface area contributed by atoms with Gasteiger partial charge in [0.2, 0.25) is 0 Å². The molecule has 3 N–H and O–H groups in total. The van der Waals surface area contributed by atoms with Crippen molar-refractivity contribution in [3.05, 3.63) is 42.0 Å². The molecule has 0 bridgehead atoms. The summed E-state index contributed by atoms with van der Waals surface area (Å²) in [5.41, 5.74) is 7.63. The SMILES string of the molecule is COCCN(CCOC)c1ncnc(NCc2ccc(F)cc2)c1N. The maximum absolute atomic E-state index is 13.0. The lowest BCUT2D eigenvalue weighted by atomic mass is 10.2. The van der Waals surface area contributed by atoms with Crippen LogP contribution >= 0.6 is 0 Å². The van der Waals surface area contributed by atoms with Crippen molar-refractivity contribution in [3.63, 3.8) is 0 Å². The third-order valence-electron chi connectivity index (χ3n) is 3.67. The van der Waals surface area contributed by atoms with E-state index in [4.69, 9.17) is 15.2 Å². The van der Waals surface area contributed by atoms with Gasteiger partial charge in [-0.1, -0.05) is 12.1 Å². The van der Waals surface area contributed by atoms with E-state index in [1.165, 1.54) is 18.5 Å². The zero-order valence-corrected chi connectivity index (χ0v) is 14.5. The number of anilines is 3. The quantitative estimate of drug-likeness (QED) is 0.678. The lowest BCUT2D eigenvalue weighted by Gasteiger charge is -2.25. The molecule has 2 aromatic rings. The van der Waals surface area contributed by atoms with Crippen LogP contribution in [-0.4, -0.2) is 50.5 Å². The van der Waals surface area contributed by atoms with Crippen molar-refractivity contribution in [1.82, 2.24) is 9.97 Å². The standard InChI is InChI=1S/C17H24FN5O2/c1-24-9-7-23(8-10-25-2)17-15(19)16(21-12-22-17)20-11-13-3-5-14(18)6-4-13/h3-6,12H,7-11,19H2,1-2H3,(H,20,21,22). The number of hydrogen-bond acceptors (Lipinski definition) is 7. The van der Waals surface area contributed by atoms with Crippen molar-refractivity contribution in [2.75, 3.05) is 56.5 Å². The topological polar surface area (TPSA) is 85.5 Å². The fourth-order valence-electron chi connectivity index (χ4n) is 2.29. The van der Waals surface area contributed by atoms with E-state index in [2.05, 4.69) is 15.3 Å². The normalized spacial score (nSPS) is 10.7. The summed E-state index contributed by atoms with van der Waals surface area (Å²) in [7, 11) is 3.29. The maximum atomic E-state index is 13.0. The molecular formula is C17H24FN5O2. The van der Waals surface area contributed by atoms with Gasteiger partial charge in [-0.2, -0.15) is 0 Å². The summed E-state index contributed by atoms with van der Waals surface area (Å²) < 4.78 is 23.3. The first kappa shape index (κ1) is 18.9. The predicted molar refractivity (Wildman–Crippen MR) is 96.1 cm³/mol. The Labute approximate surface area is 147 Å². The molecule has 8 heteroatoms. The molecule has 0 saturated heterocycles. The van der Waals surface area contributed by atoms with Crippen molar-refractivity contribution in [3.8, 4) is 0 Å². The van der Waals surface area contributed by atoms with Crippen LogP contribution in [0.25, 0.3) is 0 Å². The molecule has 7 nitrogen and oxygen atoms in total. The maximum Gasteiger partial charge on any atom is 0.157 e. The summed E-state index contributed by atoms with van der Waals surface area (Å²) >= 11 is 0. The monoisotopic (exact) mass is 349 g/mol. The Morgan fingerprint density at radius 2 is 1.72 bits per heavy atom. The van der Waals surface area contributed by atoms with E-state index >= 15 is 0 Å². The van der Waals surface area contributed by atoms with Gasteiger partial charge in [0.1, 0.15) is 17.8 Å². The fraction of sp³-hybridized carbons (Fsp3) is 0.412. The molecule has 0 atom stereocenters. The number of nitrogens with two attached hydrogens (primary N) is 1. The Hall–Kier alpha value is -2.45. The van der Waals surface area contributed by atoms with E-state index in [-0.39, 0.29) is 5.82 Å². The highest BCUT2D eigenvalue weighted by atomic mass is 19.1. The smallest absolute Gasteiger partial charge is 0.157 e. The molecular weight excluding hydrogens is 325 g/mol. The lowest BCUT2D eigenvalue weighted by molar-refractivity contribution is 0.190. The molecule has 0 amide bonds. The molecule has 0 saturated carbocycles. The number of nitrogens with one attached hydrogen (secondary N) is 1. The van der Waals surface area contributed by atoms with Crippen LogP contribution in [0, 0.1) is 5.82 Å². The van der Waals surface area contributed by atoms with Crippen molar-refractivity contribution in [1.29, 1.82) is 0 Å². The molecule has 0 aliphatic rings. The van der Waals surface area contributed by atoms with Gasteiger partial charge in [-0.25, -0.2) is 14.4 Å². The Bertz CT molecular complexity index is 646. The number of rotatable bonds is 10. The minimum absolute atomic E-state index is 0.264. The second-order valence-electron chi connectivity index (χ2n) is 5.41. The molecule has 0 aliphatic carbocycles. The summed E-state index contributed by atoms with van der Waals surface area (Å²) in [6.07, 6.45) is 1.46. The third kappa shape index (κ3) is 5.54. The molecule has 0 aliphatic heterocycles. The largest absolute Gasteiger partial charge is 0.393 e. The van der Waals surface area contributed by atoms with Crippen molar-refractivity contribution in [2.24, 2.45) is 0 Å². The summed E-state index contributed by atoms with van der Waals surface area (Å²) in [5, 5.41) is 3.17. The van der Waals surface area contributed by atoms with Crippen LogP contribution in [0.4, 0.5) is 21.7 Å². The highest BCUT2D eigenvalue weighted by molar-refractivity contribution is 5.74. The fourth-order valence-corrected chi connectivity index (χ4v) is 2.29. The molecule has 136 valence electrons. The van der Waals surface area contributed by atoms with Crippen LogP contribution in [-0.2, 0) is 16.0 Å². The van der Waals surface area contributed by atoms with Gasteiger partial charge in [0.15, 0.2) is 11.6 Å². The van der Waals surface area contributed by atoms with Crippen LogP contribution in [0.5, 0.6) is 0 Å². The van der Waals surface area contributed by atoms with Crippen LogP contribution in [0.2, 0.25) is 0 Å². The Morgan fingerprint density at radius 3 is 2.32 bits per heavy atom. The van der Waals surface area contributed by atoms with Crippen LogP contribution in [0.1, 0.15) is 5.56 Å². The van der Waals surface area contributed by atoms with Gasteiger partial charge in [0.25, 0.3) is 0 Å². The summed E-state index contributed by atoms with van der Waals surface area (Å²) in [6.45, 7) is 2.85. The number of methoxy groups -OCH3 is 2. The minimum atomic E-state index is -0.264. The molecule has 1 aromatic carbocycles. The number of aromatic nitrogens is 2. The highest BCUT2D eigenvalue weighted by Crippen LogP contribution is 2.26. The van der Waals surface area contributed by atoms with E-state index < -0.39 is 0 Å². The van der Waals surface area contributed by atoms with Crippen molar-refractivity contribution < 1.29 is 13.9 Å². The molecule has 1 aromatic heterocycles. The van der Waals surface area contributed by atoms with Gasteiger partial charge in [-0.15, -0.1) is 0 Å². The van der Waals surface area contributed by atoms with Crippen LogP contribution in [0.3, 0.4) is 0 Å². The molecule has 0 spiro atoms. The van der Waals surface area contributed by atoms with E-state index in [0.717, 1.165) is 5.56 Å². The molecule has 0 unspecified atom stereocenters. The number of nitrogen functional groups attached to an aromatic ring is 1. The summed E-state index contributed by atoms with van der Waals surface area (Å²) in [5.74, 6) is 0.902. The summed E-state index contributed by atoms with van der Waals surface area (Å²) in [4.78, 5) is 10.5. The van der Waals surface area contributed by atoms with E-state index in [1.807, 2.05) is 4.90 Å². The van der Waals surface area contributed by atoms with Gasteiger partial charge in [-0.05, 0) is 17.7 Å². The second kappa shape index (κ2) is 9.75. The number of ether oxygens (including phenoxy) is 2. The summed E-state index contributed by atoms with van der Waals surface area (Å²) in [6, 6.07) is 6.26. The van der Waals surface area contributed by atoms with E-state index in [9.17, 15) is 4.39 Å². The van der Waals surface area contributed by atoms with Gasteiger partial charge in [-0.3, -0.25) is 0 Å². The van der Waals surface area contributed by atoms with Gasteiger partial charge >= 0.3 is 0 Å². The average Bonchev–Trinajstić information content (AvgIpc) is 2.63. The molecule has 1 heterocycles. The van der Waals surface area contributed by atoms with E-state index in [1.54, 1.807) is 26.4 Å². The Kier molecular flexibility index (Phi) is 7.36.